The van der Waals surface area contributed by atoms with Crippen molar-refractivity contribution in [3.63, 3.8) is 0 Å². The van der Waals surface area contributed by atoms with E-state index in [4.69, 9.17) is 9.47 Å². The third-order valence-electron chi connectivity index (χ3n) is 5.41. The Labute approximate surface area is 185 Å². The molecule has 0 saturated carbocycles. The number of hydrogen-bond acceptors (Lipinski definition) is 10. The fourth-order valence-corrected chi connectivity index (χ4v) is 3.71. The van der Waals surface area contributed by atoms with Crippen LogP contribution < -0.4 is 0 Å². The van der Waals surface area contributed by atoms with E-state index in [9.17, 15) is 34.2 Å². The Kier molecular flexibility index (Phi) is 8.08. The first-order chi connectivity index (χ1) is 14.9. The molecule has 10 nitrogen and oxygen atoms in total. The number of carbonyl (C=O) groups excluding carboxylic acids is 5. The lowest BCUT2D eigenvalue weighted by atomic mass is 9.71. The van der Waals surface area contributed by atoms with Crippen LogP contribution in [0.1, 0.15) is 47.0 Å². The van der Waals surface area contributed by atoms with Gasteiger partial charge >= 0.3 is 17.9 Å². The van der Waals surface area contributed by atoms with Gasteiger partial charge in [0.15, 0.2) is 18.0 Å². The van der Waals surface area contributed by atoms with Gasteiger partial charge in [0.1, 0.15) is 12.7 Å². The molecule has 1 fully saturated rings. The molecule has 2 rings (SSSR count). The SMILES string of the molecule is CC=CC1=C(C)C(=O)C(OC(=O)CCC(=O)OC[C@H](O)[C@H]2OC(=O)C(O)C2=O)CC1(C)C. The van der Waals surface area contributed by atoms with E-state index in [0.717, 1.165) is 5.57 Å². The summed E-state index contributed by atoms with van der Waals surface area (Å²) >= 11 is 0. The fraction of sp³-hybridized carbons (Fsp3) is 0.591. The predicted octanol–water partition coefficient (Wildman–Crippen LogP) is 0.329. The van der Waals surface area contributed by atoms with E-state index >= 15 is 0 Å². The lowest BCUT2D eigenvalue weighted by Gasteiger charge is -2.36. The van der Waals surface area contributed by atoms with Crippen LogP contribution >= 0.6 is 0 Å². The molecule has 32 heavy (non-hydrogen) atoms. The van der Waals surface area contributed by atoms with Gasteiger partial charge in [0, 0.05) is 6.42 Å². The molecule has 0 bridgehead atoms. The number of esters is 3. The Hall–Kier alpha value is -2.85. The van der Waals surface area contributed by atoms with Crippen LogP contribution in [0.2, 0.25) is 0 Å². The number of ether oxygens (including phenoxy) is 3. The van der Waals surface area contributed by atoms with Crippen LogP contribution in [-0.2, 0) is 38.2 Å². The highest BCUT2D eigenvalue weighted by Crippen LogP contribution is 2.40. The van der Waals surface area contributed by atoms with Crippen LogP contribution in [0.5, 0.6) is 0 Å². The highest BCUT2D eigenvalue weighted by molar-refractivity contribution is 6.09. The molecule has 2 unspecified atom stereocenters. The Bertz CT molecular complexity index is 866. The minimum Gasteiger partial charge on any atom is -0.463 e. The second-order valence-electron chi connectivity index (χ2n) is 8.38. The van der Waals surface area contributed by atoms with Crippen molar-refractivity contribution in [1.82, 2.24) is 0 Å². The summed E-state index contributed by atoms with van der Waals surface area (Å²) in [6.07, 6.45) is -2.89. The molecule has 2 N–H and O–H groups in total. The maximum absolute atomic E-state index is 12.6. The summed E-state index contributed by atoms with van der Waals surface area (Å²) in [4.78, 5) is 59.3. The first-order valence-corrected chi connectivity index (χ1v) is 10.2. The highest BCUT2D eigenvalue weighted by atomic mass is 16.6. The molecular formula is C22H28O10. The van der Waals surface area contributed by atoms with E-state index in [1.807, 2.05) is 32.9 Å². The van der Waals surface area contributed by atoms with E-state index in [1.165, 1.54) is 0 Å². The van der Waals surface area contributed by atoms with Crippen molar-refractivity contribution in [1.29, 1.82) is 0 Å². The minimum absolute atomic E-state index is 0.283. The summed E-state index contributed by atoms with van der Waals surface area (Å²) < 4.78 is 14.6. The van der Waals surface area contributed by atoms with Gasteiger partial charge in [-0.25, -0.2) is 4.79 Å². The van der Waals surface area contributed by atoms with Crippen molar-refractivity contribution in [2.75, 3.05) is 6.61 Å². The van der Waals surface area contributed by atoms with Crippen LogP contribution in [0.4, 0.5) is 0 Å². The Morgan fingerprint density at radius 1 is 1.22 bits per heavy atom. The van der Waals surface area contributed by atoms with Crippen molar-refractivity contribution < 1.29 is 48.4 Å². The molecule has 1 heterocycles. The van der Waals surface area contributed by atoms with Gasteiger partial charge in [-0.15, -0.1) is 0 Å². The molecule has 0 aromatic rings. The molecule has 1 aliphatic carbocycles. The number of ketones is 2. The Balaban J connectivity index is 1.82. The van der Waals surface area contributed by atoms with Gasteiger partial charge < -0.3 is 24.4 Å². The predicted molar refractivity (Wildman–Crippen MR) is 108 cm³/mol. The zero-order chi connectivity index (χ0) is 24.2. The van der Waals surface area contributed by atoms with Crippen molar-refractivity contribution >= 4 is 29.5 Å². The van der Waals surface area contributed by atoms with Crippen molar-refractivity contribution in [2.45, 2.75) is 71.4 Å². The molecule has 1 saturated heterocycles. The summed E-state index contributed by atoms with van der Waals surface area (Å²) in [5.74, 6) is -4.10. The number of rotatable bonds is 8. The van der Waals surface area contributed by atoms with Crippen LogP contribution in [0.3, 0.4) is 0 Å². The van der Waals surface area contributed by atoms with Crippen molar-refractivity contribution in [2.24, 2.45) is 5.41 Å². The molecule has 0 amide bonds. The van der Waals surface area contributed by atoms with Crippen molar-refractivity contribution in [3.8, 4) is 0 Å². The van der Waals surface area contributed by atoms with Crippen LogP contribution in [0, 0.1) is 5.41 Å². The molecule has 1 aliphatic heterocycles. The smallest absolute Gasteiger partial charge is 0.343 e. The van der Waals surface area contributed by atoms with Gasteiger partial charge in [-0.05, 0) is 30.4 Å². The molecule has 4 atom stereocenters. The normalized spacial score (nSPS) is 26.3. The maximum Gasteiger partial charge on any atom is 0.343 e. The zero-order valence-electron chi connectivity index (χ0n) is 18.5. The third kappa shape index (κ3) is 5.68. The van der Waals surface area contributed by atoms with Crippen LogP contribution in [0.25, 0.3) is 0 Å². The topological polar surface area (TPSA) is 154 Å². The zero-order valence-corrected chi connectivity index (χ0v) is 18.5. The van der Waals surface area contributed by atoms with Gasteiger partial charge in [0.05, 0.1) is 12.8 Å². The molecule has 10 heteroatoms. The lowest BCUT2D eigenvalue weighted by Crippen LogP contribution is -2.39. The first-order valence-electron chi connectivity index (χ1n) is 10.2. The maximum atomic E-state index is 12.6. The number of carbonyl (C=O) groups is 5. The standard InChI is InChI=1S/C22H28O10/c1-5-6-12-11(2)17(26)14(9-22(12,3)4)31-16(25)8-7-15(24)30-10-13(23)20-18(27)19(28)21(29)32-20/h5-6,13-14,19-20,23,28H,7-10H2,1-4H3/t13-,14?,19?,20+/m0/s1. The number of Topliss-reactive ketones (excluding diaryl/α,β-unsaturated/α-hetero) is 2. The number of cyclic esters (lactones) is 1. The van der Waals surface area contributed by atoms with E-state index in [-0.39, 0.29) is 24.0 Å². The molecule has 0 spiro atoms. The van der Waals surface area contributed by atoms with Crippen LogP contribution in [-0.4, -0.2) is 70.7 Å². The summed E-state index contributed by atoms with van der Waals surface area (Å²) in [5.41, 5.74) is 1.04. The monoisotopic (exact) mass is 452 g/mol. The van der Waals surface area contributed by atoms with Crippen LogP contribution in [0.15, 0.2) is 23.3 Å². The number of hydrogen-bond donors (Lipinski definition) is 2. The average Bonchev–Trinajstić information content (AvgIpc) is 2.99. The molecule has 0 aromatic carbocycles. The molecule has 0 radical (unpaired) electrons. The van der Waals surface area contributed by atoms with E-state index in [1.54, 1.807) is 6.92 Å². The summed E-state index contributed by atoms with van der Waals surface area (Å²) in [7, 11) is 0. The first kappa shape index (κ1) is 25.4. The summed E-state index contributed by atoms with van der Waals surface area (Å²) in [6, 6.07) is 0. The average molecular weight is 452 g/mol. The molecule has 2 aliphatic rings. The third-order valence-corrected chi connectivity index (χ3v) is 5.41. The summed E-state index contributed by atoms with van der Waals surface area (Å²) in [5, 5.41) is 19.1. The van der Waals surface area contributed by atoms with Gasteiger partial charge in [-0.2, -0.15) is 0 Å². The number of aliphatic hydroxyl groups is 2. The lowest BCUT2D eigenvalue weighted by molar-refractivity contribution is -0.160. The van der Waals surface area contributed by atoms with Gasteiger partial charge in [-0.3, -0.25) is 19.2 Å². The van der Waals surface area contributed by atoms with Gasteiger partial charge in [0.2, 0.25) is 11.9 Å². The van der Waals surface area contributed by atoms with Gasteiger partial charge in [-0.1, -0.05) is 26.0 Å². The molecule has 0 aromatic heterocycles. The number of allylic oxidation sites excluding steroid dienone is 3. The Morgan fingerprint density at radius 2 is 1.84 bits per heavy atom. The summed E-state index contributed by atoms with van der Waals surface area (Å²) in [6.45, 7) is 6.78. The number of aliphatic hydroxyl groups excluding tert-OH is 2. The van der Waals surface area contributed by atoms with Gasteiger partial charge in [0.25, 0.3) is 0 Å². The van der Waals surface area contributed by atoms with E-state index in [0.29, 0.717) is 12.0 Å². The second kappa shape index (κ2) is 10.2. The largest absolute Gasteiger partial charge is 0.463 e. The van der Waals surface area contributed by atoms with E-state index < -0.39 is 54.7 Å². The fourth-order valence-electron chi connectivity index (χ4n) is 3.71. The highest BCUT2D eigenvalue weighted by Gasteiger charge is 2.46. The molecule has 176 valence electrons. The van der Waals surface area contributed by atoms with E-state index in [2.05, 4.69) is 4.74 Å². The Morgan fingerprint density at radius 3 is 2.41 bits per heavy atom. The minimum atomic E-state index is -1.97. The quantitative estimate of drug-likeness (QED) is 0.299. The van der Waals surface area contributed by atoms with Crippen molar-refractivity contribution in [3.05, 3.63) is 23.3 Å². The molecular weight excluding hydrogens is 424 g/mol. The second-order valence-corrected chi connectivity index (χ2v) is 8.38.